The molecule has 0 aromatic rings. The Labute approximate surface area is 106 Å². The summed E-state index contributed by atoms with van der Waals surface area (Å²) in [7, 11) is 0. The topological polar surface area (TPSA) is 29.1 Å². The van der Waals surface area contributed by atoms with Crippen LogP contribution in [-0.2, 0) is 4.79 Å². The van der Waals surface area contributed by atoms with Gasteiger partial charge in [-0.15, -0.1) is 0 Å². The van der Waals surface area contributed by atoms with Gasteiger partial charge in [0.2, 0.25) is 5.91 Å². The minimum Gasteiger partial charge on any atom is -1.00 e. The van der Waals surface area contributed by atoms with E-state index in [0.717, 1.165) is 30.7 Å². The predicted octanol–water partition coefficient (Wildman–Crippen LogP) is -1.44. The first-order valence-corrected chi connectivity index (χ1v) is 5.81. The van der Waals surface area contributed by atoms with Gasteiger partial charge in [-0.05, 0) is 33.8 Å². The molecule has 1 amide bonds. The Morgan fingerprint density at radius 3 is 2.06 bits per heavy atom. The number of quaternary nitrogens is 1. The van der Waals surface area contributed by atoms with Crippen LogP contribution in [0.15, 0.2) is 12.7 Å². The smallest absolute Gasteiger partial charge is 0.243 e. The van der Waals surface area contributed by atoms with Crippen molar-refractivity contribution >= 4 is 5.91 Å². The molecule has 0 radical (unpaired) electrons. The van der Waals surface area contributed by atoms with Gasteiger partial charge in [-0.2, -0.15) is 0 Å². The lowest BCUT2D eigenvalue weighted by molar-refractivity contribution is -0.924. The van der Waals surface area contributed by atoms with Crippen LogP contribution in [0.25, 0.3) is 0 Å². The summed E-state index contributed by atoms with van der Waals surface area (Å²) < 4.78 is 1.05. The summed E-state index contributed by atoms with van der Waals surface area (Å²) in [5.41, 5.74) is 0. The van der Waals surface area contributed by atoms with Crippen LogP contribution in [0.1, 0.15) is 27.7 Å². The highest BCUT2D eigenvalue weighted by molar-refractivity contribution is 5.87. The van der Waals surface area contributed by atoms with E-state index in [4.69, 9.17) is 0 Å². The molecule has 0 saturated heterocycles. The standard InChI is InChI=1S/C12H24N2O.ClH/c1-6-12(15)13-11(5)10-14(7-2,8-3)9-4;/h6,11H,1,7-10H2,2-5H3;1H. The van der Waals surface area contributed by atoms with Gasteiger partial charge < -0.3 is 22.2 Å². The van der Waals surface area contributed by atoms with E-state index in [0.29, 0.717) is 0 Å². The molecule has 0 aliphatic carbocycles. The fourth-order valence-electron chi connectivity index (χ4n) is 1.99. The first kappa shape index (κ1) is 17.8. The number of nitrogens with zero attached hydrogens (tertiary/aromatic N) is 1. The molecule has 0 spiro atoms. The Hall–Kier alpha value is -0.540. The molecule has 0 aromatic carbocycles. The largest absolute Gasteiger partial charge is 1.00 e. The van der Waals surface area contributed by atoms with Gasteiger partial charge in [0, 0.05) is 0 Å². The average molecular weight is 249 g/mol. The molecule has 4 heteroatoms. The molecule has 96 valence electrons. The fourth-order valence-corrected chi connectivity index (χ4v) is 1.99. The molecule has 0 fully saturated rings. The van der Waals surface area contributed by atoms with Crippen LogP contribution in [0.5, 0.6) is 0 Å². The maximum absolute atomic E-state index is 11.1. The highest BCUT2D eigenvalue weighted by Gasteiger charge is 2.24. The molecule has 1 unspecified atom stereocenters. The summed E-state index contributed by atoms with van der Waals surface area (Å²) in [5.74, 6) is -0.0797. The Bertz CT molecular complexity index is 207. The van der Waals surface area contributed by atoms with E-state index in [-0.39, 0.29) is 24.4 Å². The second-order valence-electron chi connectivity index (χ2n) is 4.09. The number of carbonyl (C=O) groups excluding carboxylic acids is 1. The quantitative estimate of drug-likeness (QED) is 0.434. The van der Waals surface area contributed by atoms with Crippen LogP contribution in [0.3, 0.4) is 0 Å². The fraction of sp³-hybridized carbons (Fsp3) is 0.750. The van der Waals surface area contributed by atoms with E-state index >= 15 is 0 Å². The van der Waals surface area contributed by atoms with E-state index < -0.39 is 0 Å². The van der Waals surface area contributed by atoms with Crippen LogP contribution < -0.4 is 17.7 Å². The molecule has 1 atom stereocenters. The lowest BCUT2D eigenvalue weighted by Crippen LogP contribution is -3.00. The first-order chi connectivity index (χ1) is 7.03. The third-order valence-corrected chi connectivity index (χ3v) is 3.25. The molecule has 1 N–H and O–H groups in total. The van der Waals surface area contributed by atoms with E-state index in [1.165, 1.54) is 6.08 Å². The van der Waals surface area contributed by atoms with Crippen molar-refractivity contribution in [2.75, 3.05) is 26.2 Å². The molecule has 0 rings (SSSR count). The summed E-state index contributed by atoms with van der Waals surface area (Å²) in [5, 5.41) is 2.92. The molecule has 16 heavy (non-hydrogen) atoms. The van der Waals surface area contributed by atoms with E-state index in [1.807, 2.05) is 0 Å². The monoisotopic (exact) mass is 248 g/mol. The number of amides is 1. The molecule has 0 bridgehead atoms. The third-order valence-electron chi connectivity index (χ3n) is 3.25. The van der Waals surface area contributed by atoms with Crippen LogP contribution in [0, 0.1) is 0 Å². The van der Waals surface area contributed by atoms with Gasteiger partial charge in [0.15, 0.2) is 0 Å². The van der Waals surface area contributed by atoms with Gasteiger partial charge in [0.25, 0.3) is 0 Å². The van der Waals surface area contributed by atoms with Gasteiger partial charge >= 0.3 is 0 Å². The Kier molecular flexibility index (Phi) is 9.58. The molecule has 3 nitrogen and oxygen atoms in total. The van der Waals surface area contributed by atoms with E-state index in [9.17, 15) is 4.79 Å². The molecular formula is C12H25ClN2O. The maximum atomic E-state index is 11.1. The summed E-state index contributed by atoms with van der Waals surface area (Å²) in [6, 6.07) is 0.204. The van der Waals surface area contributed by atoms with Crippen molar-refractivity contribution < 1.29 is 21.7 Å². The SMILES string of the molecule is C=CC(=O)NC(C)C[N+](CC)(CC)CC.[Cl-]. The third kappa shape index (κ3) is 5.52. The lowest BCUT2D eigenvalue weighted by Gasteiger charge is -2.37. The highest BCUT2D eigenvalue weighted by Crippen LogP contribution is 2.07. The summed E-state index contributed by atoms with van der Waals surface area (Å²) in [6.07, 6.45) is 1.33. The van der Waals surface area contributed by atoms with Crippen molar-refractivity contribution in [2.24, 2.45) is 0 Å². The van der Waals surface area contributed by atoms with Crippen LogP contribution in [0.2, 0.25) is 0 Å². The predicted molar refractivity (Wildman–Crippen MR) is 64.6 cm³/mol. The normalized spacial score (nSPS) is 12.5. The van der Waals surface area contributed by atoms with Crippen molar-refractivity contribution in [3.63, 3.8) is 0 Å². The second-order valence-corrected chi connectivity index (χ2v) is 4.09. The van der Waals surface area contributed by atoms with Crippen LogP contribution >= 0.6 is 0 Å². The van der Waals surface area contributed by atoms with Crippen LogP contribution in [0.4, 0.5) is 0 Å². The average Bonchev–Trinajstić information content (AvgIpc) is 2.26. The number of hydrogen-bond donors (Lipinski definition) is 1. The molecule has 0 aliphatic heterocycles. The Morgan fingerprint density at radius 1 is 1.31 bits per heavy atom. The van der Waals surface area contributed by atoms with E-state index in [1.54, 1.807) is 0 Å². The zero-order valence-electron chi connectivity index (χ0n) is 10.9. The number of hydrogen-bond acceptors (Lipinski definition) is 1. The lowest BCUT2D eigenvalue weighted by atomic mass is 10.2. The summed E-state index contributed by atoms with van der Waals surface area (Å²) >= 11 is 0. The van der Waals surface area contributed by atoms with Crippen molar-refractivity contribution in [3.05, 3.63) is 12.7 Å². The zero-order chi connectivity index (χ0) is 11.9. The van der Waals surface area contributed by atoms with Gasteiger partial charge in [-0.25, -0.2) is 0 Å². The Balaban J connectivity index is 0. The van der Waals surface area contributed by atoms with Gasteiger partial charge in [-0.1, -0.05) is 6.58 Å². The molecule has 0 aliphatic rings. The maximum Gasteiger partial charge on any atom is 0.243 e. The van der Waals surface area contributed by atoms with Gasteiger partial charge in [-0.3, -0.25) is 4.79 Å². The van der Waals surface area contributed by atoms with Crippen molar-refractivity contribution in [3.8, 4) is 0 Å². The molecule has 0 aromatic heterocycles. The van der Waals surface area contributed by atoms with E-state index in [2.05, 4.69) is 39.6 Å². The van der Waals surface area contributed by atoms with Crippen molar-refractivity contribution in [2.45, 2.75) is 33.7 Å². The minimum absolute atomic E-state index is 0. The van der Waals surface area contributed by atoms with Gasteiger partial charge in [0.1, 0.15) is 0 Å². The van der Waals surface area contributed by atoms with Crippen LogP contribution in [-0.4, -0.2) is 42.6 Å². The molecule has 0 saturated carbocycles. The van der Waals surface area contributed by atoms with Crippen molar-refractivity contribution in [1.29, 1.82) is 0 Å². The Morgan fingerprint density at radius 2 is 1.75 bits per heavy atom. The first-order valence-electron chi connectivity index (χ1n) is 5.81. The second kappa shape index (κ2) is 8.59. The van der Waals surface area contributed by atoms with Gasteiger partial charge in [0.05, 0.1) is 32.2 Å². The number of likely N-dealkylation sites (N-methyl/N-ethyl adjacent to an activating group) is 1. The van der Waals surface area contributed by atoms with Crippen molar-refractivity contribution in [1.82, 2.24) is 5.32 Å². The molecule has 0 heterocycles. The summed E-state index contributed by atoms with van der Waals surface area (Å²) in [4.78, 5) is 11.1. The number of carbonyl (C=O) groups is 1. The number of halogens is 1. The highest BCUT2D eigenvalue weighted by atomic mass is 35.5. The number of nitrogens with one attached hydrogen (secondary N) is 1. The summed E-state index contributed by atoms with van der Waals surface area (Å²) in [6.45, 7) is 16.4. The molecular weight excluding hydrogens is 224 g/mol. The minimum atomic E-state index is -0.0797. The number of rotatable bonds is 7. The zero-order valence-corrected chi connectivity index (χ0v) is 11.7.